The summed E-state index contributed by atoms with van der Waals surface area (Å²) in [7, 11) is 0. The van der Waals surface area contributed by atoms with Crippen LogP contribution in [-0.2, 0) is 4.79 Å². The van der Waals surface area contributed by atoms with Gasteiger partial charge in [-0.05, 0) is 53.2 Å². The molecular formula is C25H16Br2N4O3. The minimum absolute atomic E-state index is 0.0238. The van der Waals surface area contributed by atoms with Crippen LogP contribution in [-0.4, -0.2) is 26.5 Å². The number of amidine groups is 1. The minimum atomic E-state index is -0.510. The average Bonchev–Trinajstić information content (AvgIpc) is 3.10. The fraction of sp³-hybridized carbons (Fsp3) is 0.0400. The van der Waals surface area contributed by atoms with Crippen molar-refractivity contribution in [3.05, 3.63) is 97.3 Å². The van der Waals surface area contributed by atoms with Crippen LogP contribution in [0.3, 0.4) is 0 Å². The quantitative estimate of drug-likeness (QED) is 0.337. The van der Waals surface area contributed by atoms with Gasteiger partial charge in [0.2, 0.25) is 0 Å². The normalized spacial score (nSPS) is 14.8. The highest BCUT2D eigenvalue weighted by molar-refractivity contribution is 9.11. The molecule has 0 atom stereocenters. The van der Waals surface area contributed by atoms with E-state index in [0.717, 1.165) is 0 Å². The van der Waals surface area contributed by atoms with Crippen LogP contribution in [0.25, 0.3) is 28.4 Å². The standard InChI is InChI=1S/C25H16Br2N4O3/c1-14-28-21(12-16-11-17(26)13-19(27)22(16)32)25(34)30(14)31-23(15-7-3-2-4-8-15)29-20-10-6-5-9-18(20)24(31)33/h2-13,32H,1H3/b21-12-. The Hall–Kier alpha value is -3.56. The molecule has 0 unspecified atom stereocenters. The van der Waals surface area contributed by atoms with Crippen LogP contribution in [0.5, 0.6) is 5.75 Å². The molecule has 1 N–H and O–H groups in total. The maximum absolute atomic E-state index is 13.6. The Labute approximate surface area is 210 Å². The van der Waals surface area contributed by atoms with Crippen molar-refractivity contribution in [1.29, 1.82) is 0 Å². The predicted octanol–water partition coefficient (Wildman–Crippen LogP) is 5.23. The van der Waals surface area contributed by atoms with Gasteiger partial charge in [0, 0.05) is 15.6 Å². The van der Waals surface area contributed by atoms with E-state index < -0.39 is 5.91 Å². The number of fused-ring (bicyclic) bond motifs is 1. The molecule has 0 radical (unpaired) electrons. The van der Waals surface area contributed by atoms with Crippen LogP contribution in [0.15, 0.2) is 91.2 Å². The molecule has 3 aromatic carbocycles. The van der Waals surface area contributed by atoms with E-state index in [9.17, 15) is 14.7 Å². The highest BCUT2D eigenvalue weighted by Gasteiger charge is 2.33. The van der Waals surface area contributed by atoms with E-state index in [0.29, 0.717) is 42.6 Å². The Bertz CT molecular complexity index is 1590. The molecule has 0 saturated carbocycles. The second-order valence-corrected chi connectivity index (χ2v) is 9.34. The van der Waals surface area contributed by atoms with E-state index in [1.807, 2.05) is 36.4 Å². The number of aliphatic imine (C=N–C) groups is 1. The molecule has 0 saturated heterocycles. The van der Waals surface area contributed by atoms with E-state index in [1.165, 1.54) is 15.8 Å². The topological polar surface area (TPSA) is 87.8 Å². The molecule has 0 aliphatic carbocycles. The van der Waals surface area contributed by atoms with Gasteiger partial charge in [0.15, 0.2) is 5.82 Å². The zero-order valence-electron chi connectivity index (χ0n) is 17.7. The second kappa shape index (κ2) is 8.66. The molecule has 7 nitrogen and oxygen atoms in total. The number of amides is 1. The first-order chi connectivity index (χ1) is 16.3. The smallest absolute Gasteiger partial charge is 0.297 e. The largest absolute Gasteiger partial charge is 0.506 e. The molecule has 168 valence electrons. The van der Waals surface area contributed by atoms with Crippen molar-refractivity contribution in [2.24, 2.45) is 4.99 Å². The van der Waals surface area contributed by atoms with E-state index in [-0.39, 0.29) is 17.0 Å². The third-order valence-electron chi connectivity index (χ3n) is 5.34. The highest BCUT2D eigenvalue weighted by Crippen LogP contribution is 2.34. The number of phenolic OH excluding ortho intramolecular Hbond substituents is 1. The first-order valence-electron chi connectivity index (χ1n) is 10.2. The molecule has 1 amide bonds. The summed E-state index contributed by atoms with van der Waals surface area (Å²) in [5.74, 6) is 0.0938. The van der Waals surface area contributed by atoms with Gasteiger partial charge in [-0.2, -0.15) is 9.69 Å². The summed E-state index contributed by atoms with van der Waals surface area (Å²) in [6.45, 7) is 1.64. The van der Waals surface area contributed by atoms with Crippen LogP contribution < -0.4 is 10.6 Å². The van der Waals surface area contributed by atoms with Gasteiger partial charge < -0.3 is 5.11 Å². The lowest BCUT2D eigenvalue weighted by atomic mass is 10.1. The average molecular weight is 580 g/mol. The molecule has 5 rings (SSSR count). The van der Waals surface area contributed by atoms with Gasteiger partial charge in [-0.25, -0.2) is 9.98 Å². The molecular weight excluding hydrogens is 564 g/mol. The third kappa shape index (κ3) is 3.76. The number of rotatable bonds is 3. The monoisotopic (exact) mass is 578 g/mol. The lowest BCUT2D eigenvalue weighted by Gasteiger charge is -2.22. The maximum Gasteiger partial charge on any atom is 0.297 e. The third-order valence-corrected chi connectivity index (χ3v) is 6.40. The first kappa shape index (κ1) is 22.2. The van der Waals surface area contributed by atoms with Gasteiger partial charge >= 0.3 is 0 Å². The number of carbonyl (C=O) groups excluding carboxylic acids is 1. The molecule has 1 aromatic heterocycles. The number of benzene rings is 3. The number of hydrogen-bond donors (Lipinski definition) is 1. The fourth-order valence-electron chi connectivity index (χ4n) is 3.78. The van der Waals surface area contributed by atoms with Gasteiger partial charge in [-0.1, -0.05) is 58.4 Å². The molecule has 34 heavy (non-hydrogen) atoms. The Kier molecular flexibility index (Phi) is 5.66. The van der Waals surface area contributed by atoms with Crippen LogP contribution >= 0.6 is 31.9 Å². The SMILES string of the molecule is CC1=N/C(=C\c2cc(Br)cc(Br)c2O)C(=O)N1n1c(-c2ccccc2)nc2ccccc2c1=O. The van der Waals surface area contributed by atoms with Crippen molar-refractivity contribution in [3.63, 3.8) is 0 Å². The highest BCUT2D eigenvalue weighted by atomic mass is 79.9. The second-order valence-electron chi connectivity index (χ2n) is 7.57. The number of aromatic nitrogens is 2. The van der Waals surface area contributed by atoms with Crippen molar-refractivity contribution < 1.29 is 9.90 Å². The molecule has 0 spiro atoms. The Morgan fingerprint density at radius 3 is 2.44 bits per heavy atom. The zero-order chi connectivity index (χ0) is 24.0. The molecule has 0 fully saturated rings. The maximum atomic E-state index is 13.6. The summed E-state index contributed by atoms with van der Waals surface area (Å²) >= 11 is 6.68. The van der Waals surface area contributed by atoms with Gasteiger partial charge in [0.1, 0.15) is 17.3 Å². The number of nitrogens with zero attached hydrogens (tertiary/aromatic N) is 4. The van der Waals surface area contributed by atoms with Crippen molar-refractivity contribution in [3.8, 4) is 17.1 Å². The van der Waals surface area contributed by atoms with Crippen molar-refractivity contribution in [2.45, 2.75) is 6.92 Å². The lowest BCUT2D eigenvalue weighted by molar-refractivity contribution is -0.115. The van der Waals surface area contributed by atoms with E-state index in [1.54, 1.807) is 37.3 Å². The van der Waals surface area contributed by atoms with Crippen LogP contribution in [0.1, 0.15) is 12.5 Å². The van der Waals surface area contributed by atoms with Crippen LogP contribution in [0, 0.1) is 0 Å². The Morgan fingerprint density at radius 1 is 0.971 bits per heavy atom. The van der Waals surface area contributed by atoms with Crippen molar-refractivity contribution in [2.75, 3.05) is 5.01 Å². The summed E-state index contributed by atoms with van der Waals surface area (Å²) < 4.78 is 2.45. The Balaban J connectivity index is 1.71. The van der Waals surface area contributed by atoms with E-state index in [4.69, 9.17) is 4.98 Å². The number of para-hydroxylation sites is 1. The number of hydrogen-bond acceptors (Lipinski definition) is 5. The molecule has 9 heteroatoms. The molecule has 4 aromatic rings. The molecule has 0 bridgehead atoms. The summed E-state index contributed by atoms with van der Waals surface area (Å²) in [4.78, 5) is 36.2. The van der Waals surface area contributed by atoms with Crippen LogP contribution in [0.4, 0.5) is 0 Å². The predicted molar refractivity (Wildman–Crippen MR) is 139 cm³/mol. The van der Waals surface area contributed by atoms with Gasteiger partial charge in [-0.15, -0.1) is 0 Å². The van der Waals surface area contributed by atoms with Gasteiger partial charge in [0.25, 0.3) is 11.5 Å². The van der Waals surface area contributed by atoms with Crippen molar-refractivity contribution >= 4 is 60.6 Å². The molecule has 2 heterocycles. The number of halogens is 2. The fourth-order valence-corrected chi connectivity index (χ4v) is 5.04. The zero-order valence-corrected chi connectivity index (χ0v) is 20.9. The summed E-state index contributed by atoms with van der Waals surface area (Å²) in [5, 5.41) is 12.0. The number of phenols is 1. The van der Waals surface area contributed by atoms with Gasteiger partial charge in [0.05, 0.1) is 15.4 Å². The van der Waals surface area contributed by atoms with E-state index >= 15 is 0 Å². The summed E-state index contributed by atoms with van der Waals surface area (Å²) in [5.41, 5.74) is 1.30. The summed E-state index contributed by atoms with van der Waals surface area (Å²) in [6, 6.07) is 19.6. The number of carbonyl (C=O) groups is 1. The molecule has 1 aliphatic heterocycles. The Morgan fingerprint density at radius 2 is 1.68 bits per heavy atom. The number of aromatic hydroxyl groups is 1. The van der Waals surface area contributed by atoms with E-state index in [2.05, 4.69) is 36.9 Å². The van der Waals surface area contributed by atoms with Crippen molar-refractivity contribution in [1.82, 2.24) is 9.66 Å². The minimum Gasteiger partial charge on any atom is -0.506 e. The lowest BCUT2D eigenvalue weighted by Crippen LogP contribution is -2.47. The van der Waals surface area contributed by atoms with Crippen LogP contribution in [0.2, 0.25) is 0 Å². The summed E-state index contributed by atoms with van der Waals surface area (Å²) in [6.07, 6.45) is 1.48. The first-order valence-corrected chi connectivity index (χ1v) is 11.8. The molecule has 1 aliphatic rings. The van der Waals surface area contributed by atoms with Gasteiger partial charge in [-0.3, -0.25) is 9.59 Å².